The molecule has 0 saturated carbocycles. The molecular weight excluding hydrogens is 208 g/mol. The van der Waals surface area contributed by atoms with Crippen LogP contribution < -0.4 is 4.74 Å². The SMILES string of the molecule is CC=CCOc1ccc2c(c1)C(=O)OC2=O. The van der Waals surface area contributed by atoms with Crippen LogP contribution in [0.15, 0.2) is 30.4 Å². The smallest absolute Gasteiger partial charge is 0.347 e. The summed E-state index contributed by atoms with van der Waals surface area (Å²) in [6.45, 7) is 2.32. The molecule has 4 nitrogen and oxygen atoms in total. The van der Waals surface area contributed by atoms with Gasteiger partial charge in [0.15, 0.2) is 0 Å². The Labute approximate surface area is 92.5 Å². The first kappa shape index (κ1) is 10.4. The van der Waals surface area contributed by atoms with Crippen LogP contribution in [-0.4, -0.2) is 18.5 Å². The predicted molar refractivity (Wildman–Crippen MR) is 56.5 cm³/mol. The van der Waals surface area contributed by atoms with Gasteiger partial charge in [-0.1, -0.05) is 12.2 Å². The summed E-state index contributed by atoms with van der Waals surface area (Å²) in [4.78, 5) is 22.4. The van der Waals surface area contributed by atoms with Crippen molar-refractivity contribution in [1.29, 1.82) is 0 Å². The van der Waals surface area contributed by atoms with Gasteiger partial charge in [0.25, 0.3) is 0 Å². The monoisotopic (exact) mass is 218 g/mol. The van der Waals surface area contributed by atoms with Crippen molar-refractivity contribution in [2.75, 3.05) is 6.61 Å². The minimum absolute atomic E-state index is 0.267. The summed E-state index contributed by atoms with van der Waals surface area (Å²) in [5.74, 6) is -0.667. The fourth-order valence-electron chi connectivity index (χ4n) is 1.39. The number of allylic oxidation sites excluding steroid dienone is 1. The van der Waals surface area contributed by atoms with Gasteiger partial charge in [0, 0.05) is 0 Å². The Morgan fingerprint density at radius 2 is 2.00 bits per heavy atom. The van der Waals surface area contributed by atoms with Gasteiger partial charge >= 0.3 is 11.9 Å². The first-order chi connectivity index (χ1) is 7.72. The normalized spacial score (nSPS) is 14.1. The van der Waals surface area contributed by atoms with Crippen LogP contribution >= 0.6 is 0 Å². The van der Waals surface area contributed by atoms with Gasteiger partial charge in [-0.05, 0) is 25.1 Å². The number of ether oxygens (including phenoxy) is 2. The zero-order valence-corrected chi connectivity index (χ0v) is 8.73. The van der Waals surface area contributed by atoms with E-state index in [2.05, 4.69) is 4.74 Å². The standard InChI is InChI=1S/C12H10O4/c1-2-3-6-15-8-4-5-9-10(7-8)12(14)16-11(9)13/h2-5,7H,6H2,1H3. The third-order valence-corrected chi connectivity index (χ3v) is 2.20. The summed E-state index contributed by atoms with van der Waals surface area (Å²) >= 11 is 0. The molecule has 0 unspecified atom stereocenters. The third-order valence-electron chi connectivity index (χ3n) is 2.20. The molecule has 0 N–H and O–H groups in total. The van der Waals surface area contributed by atoms with Gasteiger partial charge in [-0.15, -0.1) is 0 Å². The van der Waals surface area contributed by atoms with E-state index in [0.717, 1.165) is 0 Å². The van der Waals surface area contributed by atoms with E-state index in [1.165, 1.54) is 12.1 Å². The first-order valence-electron chi connectivity index (χ1n) is 4.87. The Balaban J connectivity index is 2.23. The molecule has 1 aromatic rings. The lowest BCUT2D eigenvalue weighted by molar-refractivity contribution is 0.0443. The number of hydrogen-bond donors (Lipinski definition) is 0. The number of fused-ring (bicyclic) bond motifs is 1. The molecular formula is C12H10O4. The number of carbonyl (C=O) groups is 2. The Kier molecular flexibility index (Phi) is 2.72. The zero-order chi connectivity index (χ0) is 11.5. The second-order valence-electron chi connectivity index (χ2n) is 3.26. The van der Waals surface area contributed by atoms with Gasteiger partial charge < -0.3 is 9.47 Å². The highest BCUT2D eigenvalue weighted by molar-refractivity contribution is 6.14. The molecule has 0 fully saturated rings. The number of benzene rings is 1. The van der Waals surface area contributed by atoms with Crippen molar-refractivity contribution in [2.45, 2.75) is 6.92 Å². The second-order valence-corrected chi connectivity index (χ2v) is 3.26. The van der Waals surface area contributed by atoms with Crippen molar-refractivity contribution in [2.24, 2.45) is 0 Å². The second kappa shape index (κ2) is 4.18. The average Bonchev–Trinajstić information content (AvgIpc) is 2.55. The molecule has 0 amide bonds. The maximum absolute atomic E-state index is 11.2. The fraction of sp³-hybridized carbons (Fsp3) is 0.167. The van der Waals surface area contributed by atoms with Crippen LogP contribution in [-0.2, 0) is 4.74 Å². The van der Waals surface area contributed by atoms with Gasteiger partial charge in [-0.3, -0.25) is 0 Å². The minimum atomic E-state index is -0.614. The molecule has 0 atom stereocenters. The van der Waals surface area contributed by atoms with Gasteiger partial charge in [0.2, 0.25) is 0 Å². The maximum atomic E-state index is 11.2. The number of rotatable bonds is 3. The highest BCUT2D eigenvalue weighted by atomic mass is 16.6. The molecule has 16 heavy (non-hydrogen) atoms. The van der Waals surface area contributed by atoms with Crippen molar-refractivity contribution in [3.05, 3.63) is 41.5 Å². The first-order valence-corrected chi connectivity index (χ1v) is 4.87. The molecule has 0 spiro atoms. The van der Waals surface area contributed by atoms with Gasteiger partial charge in [-0.2, -0.15) is 0 Å². The quantitative estimate of drug-likeness (QED) is 0.442. The minimum Gasteiger partial charge on any atom is -0.490 e. The maximum Gasteiger partial charge on any atom is 0.347 e. The van der Waals surface area contributed by atoms with Crippen LogP contribution in [0.3, 0.4) is 0 Å². The number of esters is 2. The molecule has 1 heterocycles. The molecule has 1 aliphatic rings. The van der Waals surface area contributed by atoms with Crippen LogP contribution in [0.1, 0.15) is 27.6 Å². The van der Waals surface area contributed by atoms with Crippen LogP contribution in [0, 0.1) is 0 Å². The zero-order valence-electron chi connectivity index (χ0n) is 8.73. The highest BCUT2D eigenvalue weighted by Crippen LogP contribution is 2.24. The highest BCUT2D eigenvalue weighted by Gasteiger charge is 2.29. The van der Waals surface area contributed by atoms with E-state index < -0.39 is 11.9 Å². The van der Waals surface area contributed by atoms with E-state index in [-0.39, 0.29) is 5.56 Å². The molecule has 2 rings (SSSR count). The van der Waals surface area contributed by atoms with E-state index in [1.807, 2.05) is 19.1 Å². The number of carbonyl (C=O) groups excluding carboxylic acids is 2. The van der Waals surface area contributed by atoms with E-state index in [0.29, 0.717) is 17.9 Å². The molecule has 0 bridgehead atoms. The van der Waals surface area contributed by atoms with Crippen molar-refractivity contribution in [1.82, 2.24) is 0 Å². The van der Waals surface area contributed by atoms with Crippen LogP contribution in [0.2, 0.25) is 0 Å². The predicted octanol–water partition coefficient (Wildman–Crippen LogP) is 1.95. The summed E-state index contributed by atoms with van der Waals surface area (Å²) in [6, 6.07) is 4.70. The largest absolute Gasteiger partial charge is 0.490 e. The number of cyclic esters (lactones) is 2. The van der Waals surface area contributed by atoms with Crippen molar-refractivity contribution < 1.29 is 19.1 Å². The van der Waals surface area contributed by atoms with Crippen molar-refractivity contribution in [3.63, 3.8) is 0 Å². The van der Waals surface area contributed by atoms with E-state index in [9.17, 15) is 9.59 Å². The van der Waals surface area contributed by atoms with Gasteiger partial charge in [0.05, 0.1) is 11.1 Å². The molecule has 0 aromatic heterocycles. The third kappa shape index (κ3) is 1.82. The van der Waals surface area contributed by atoms with Crippen molar-refractivity contribution >= 4 is 11.9 Å². The fourth-order valence-corrected chi connectivity index (χ4v) is 1.39. The van der Waals surface area contributed by atoms with E-state index >= 15 is 0 Å². The lowest BCUT2D eigenvalue weighted by Gasteiger charge is -2.03. The Morgan fingerprint density at radius 1 is 1.25 bits per heavy atom. The van der Waals surface area contributed by atoms with Gasteiger partial charge in [-0.25, -0.2) is 9.59 Å². The molecule has 1 aliphatic heterocycles. The summed E-state index contributed by atoms with van der Waals surface area (Å²) in [7, 11) is 0. The number of hydrogen-bond acceptors (Lipinski definition) is 4. The van der Waals surface area contributed by atoms with Gasteiger partial charge in [0.1, 0.15) is 12.4 Å². The Hall–Kier alpha value is -2.10. The molecule has 0 aliphatic carbocycles. The summed E-state index contributed by atoms with van der Waals surface area (Å²) in [6.07, 6.45) is 3.71. The van der Waals surface area contributed by atoms with Crippen molar-refractivity contribution in [3.8, 4) is 5.75 Å². The van der Waals surface area contributed by atoms with E-state index in [1.54, 1.807) is 6.07 Å². The summed E-state index contributed by atoms with van der Waals surface area (Å²) in [5.41, 5.74) is 0.561. The molecule has 82 valence electrons. The molecule has 1 aromatic carbocycles. The molecule has 0 saturated heterocycles. The molecule has 4 heteroatoms. The van der Waals surface area contributed by atoms with Crippen LogP contribution in [0.5, 0.6) is 5.75 Å². The lowest BCUT2D eigenvalue weighted by atomic mass is 10.1. The Morgan fingerprint density at radius 3 is 2.75 bits per heavy atom. The Bertz CT molecular complexity index is 474. The summed E-state index contributed by atoms with van der Waals surface area (Å²) < 4.78 is 9.81. The lowest BCUT2D eigenvalue weighted by Crippen LogP contribution is -1.97. The average molecular weight is 218 g/mol. The van der Waals surface area contributed by atoms with Crippen LogP contribution in [0.4, 0.5) is 0 Å². The molecule has 0 radical (unpaired) electrons. The topological polar surface area (TPSA) is 52.6 Å². The summed E-state index contributed by atoms with van der Waals surface area (Å²) in [5, 5.41) is 0. The van der Waals surface area contributed by atoms with Crippen LogP contribution in [0.25, 0.3) is 0 Å². The van der Waals surface area contributed by atoms with E-state index in [4.69, 9.17) is 4.74 Å².